The van der Waals surface area contributed by atoms with Gasteiger partial charge in [0, 0.05) is 29.0 Å². The Bertz CT molecular complexity index is 1410. The standard InChI is InChI=1S/C23H16ClFN6O2/c1-33-21-10-19-16(22(29-12-28-19)30-15-4-5-18(25)17(24)8-15)9-20(21)31-23(32)13(11-26)7-14-3-2-6-27-14/h2-10,12,27H,1H3,(H,31,32)(H,28,29,30)/b13-7+. The lowest BCUT2D eigenvalue weighted by molar-refractivity contribution is -0.112. The predicted molar refractivity (Wildman–Crippen MR) is 124 cm³/mol. The van der Waals surface area contributed by atoms with Crippen LogP contribution in [0.1, 0.15) is 5.69 Å². The van der Waals surface area contributed by atoms with Crippen LogP contribution in [-0.2, 0) is 4.79 Å². The number of H-pyrrole nitrogens is 1. The normalized spacial score (nSPS) is 11.2. The average molecular weight is 463 g/mol. The van der Waals surface area contributed by atoms with Crippen molar-refractivity contribution < 1.29 is 13.9 Å². The molecule has 33 heavy (non-hydrogen) atoms. The molecule has 0 saturated carbocycles. The summed E-state index contributed by atoms with van der Waals surface area (Å²) in [5.41, 5.74) is 1.90. The molecule has 164 valence electrons. The van der Waals surface area contributed by atoms with Crippen molar-refractivity contribution in [3.05, 3.63) is 77.1 Å². The van der Waals surface area contributed by atoms with Crippen molar-refractivity contribution in [2.45, 2.75) is 0 Å². The molecule has 3 N–H and O–H groups in total. The van der Waals surface area contributed by atoms with E-state index in [0.717, 1.165) is 0 Å². The number of aromatic amines is 1. The van der Waals surface area contributed by atoms with Crippen molar-refractivity contribution in [1.29, 1.82) is 5.26 Å². The molecule has 2 aromatic heterocycles. The molecule has 0 spiro atoms. The summed E-state index contributed by atoms with van der Waals surface area (Å²) in [4.78, 5) is 24.2. The van der Waals surface area contributed by atoms with Crippen LogP contribution in [0.25, 0.3) is 17.0 Å². The van der Waals surface area contributed by atoms with Crippen molar-refractivity contribution >= 4 is 51.7 Å². The van der Waals surface area contributed by atoms with Gasteiger partial charge in [-0.3, -0.25) is 4.79 Å². The van der Waals surface area contributed by atoms with Crippen molar-refractivity contribution in [3.63, 3.8) is 0 Å². The number of halogens is 2. The maximum absolute atomic E-state index is 13.5. The first-order chi connectivity index (χ1) is 16.0. The zero-order valence-electron chi connectivity index (χ0n) is 17.2. The third-order valence-corrected chi connectivity index (χ3v) is 4.96. The van der Waals surface area contributed by atoms with Gasteiger partial charge in [0.1, 0.15) is 35.4 Å². The average Bonchev–Trinajstić information content (AvgIpc) is 3.33. The number of rotatable bonds is 6. The van der Waals surface area contributed by atoms with Crippen LogP contribution >= 0.6 is 11.6 Å². The fourth-order valence-electron chi connectivity index (χ4n) is 3.09. The van der Waals surface area contributed by atoms with Gasteiger partial charge in [-0.25, -0.2) is 14.4 Å². The lowest BCUT2D eigenvalue weighted by atomic mass is 10.1. The van der Waals surface area contributed by atoms with Crippen LogP contribution in [0.15, 0.2) is 60.6 Å². The molecule has 0 radical (unpaired) electrons. The smallest absolute Gasteiger partial charge is 0.266 e. The SMILES string of the molecule is COc1cc2ncnc(Nc3ccc(F)c(Cl)c3)c2cc1NC(=O)/C(C#N)=C/c1ccc[nH]1. The number of hydrogen-bond donors (Lipinski definition) is 3. The molecule has 8 nitrogen and oxygen atoms in total. The Balaban J connectivity index is 1.70. The van der Waals surface area contributed by atoms with Gasteiger partial charge in [-0.1, -0.05) is 11.6 Å². The number of ether oxygens (including phenoxy) is 1. The van der Waals surface area contributed by atoms with E-state index in [-0.39, 0.29) is 10.6 Å². The van der Waals surface area contributed by atoms with Gasteiger partial charge < -0.3 is 20.4 Å². The number of nitrogens with one attached hydrogen (secondary N) is 3. The van der Waals surface area contributed by atoms with Crippen LogP contribution in [0.2, 0.25) is 5.02 Å². The second-order valence-electron chi connectivity index (χ2n) is 6.80. The van der Waals surface area contributed by atoms with Crippen LogP contribution in [0.5, 0.6) is 5.75 Å². The summed E-state index contributed by atoms with van der Waals surface area (Å²) in [6, 6.07) is 12.8. The van der Waals surface area contributed by atoms with Gasteiger partial charge >= 0.3 is 0 Å². The number of carbonyl (C=O) groups is 1. The summed E-state index contributed by atoms with van der Waals surface area (Å²) in [5.74, 6) is -0.391. The highest BCUT2D eigenvalue weighted by molar-refractivity contribution is 6.31. The van der Waals surface area contributed by atoms with Crippen LogP contribution in [0.4, 0.5) is 21.6 Å². The van der Waals surface area contributed by atoms with Gasteiger partial charge in [-0.05, 0) is 42.5 Å². The minimum absolute atomic E-state index is 0.0362. The van der Waals surface area contributed by atoms with Crippen molar-refractivity contribution in [3.8, 4) is 11.8 Å². The quantitative estimate of drug-likeness (QED) is 0.273. The van der Waals surface area contributed by atoms with Crippen LogP contribution in [-0.4, -0.2) is 28.0 Å². The molecule has 1 amide bonds. The molecule has 0 saturated heterocycles. The van der Waals surface area contributed by atoms with Crippen LogP contribution in [0, 0.1) is 17.1 Å². The number of amides is 1. The molecule has 4 rings (SSSR count). The molecular formula is C23H16ClFN6O2. The van der Waals surface area contributed by atoms with Crippen molar-refractivity contribution in [2.75, 3.05) is 17.7 Å². The number of anilines is 3. The van der Waals surface area contributed by atoms with Crippen LogP contribution < -0.4 is 15.4 Å². The molecule has 0 fully saturated rings. The molecule has 2 heterocycles. The van der Waals surface area contributed by atoms with E-state index in [1.807, 2.05) is 6.07 Å². The zero-order chi connectivity index (χ0) is 23.4. The first-order valence-corrected chi connectivity index (χ1v) is 9.97. The Hall–Kier alpha value is -4.42. The molecule has 0 unspecified atom stereocenters. The van der Waals surface area contributed by atoms with E-state index in [1.54, 1.807) is 30.5 Å². The van der Waals surface area contributed by atoms with Gasteiger partial charge in [0.2, 0.25) is 0 Å². The van der Waals surface area contributed by atoms with Gasteiger partial charge in [-0.2, -0.15) is 5.26 Å². The number of methoxy groups -OCH3 is 1. The second-order valence-corrected chi connectivity index (χ2v) is 7.20. The summed E-state index contributed by atoms with van der Waals surface area (Å²) < 4.78 is 18.9. The predicted octanol–water partition coefficient (Wildman–Crippen LogP) is 5.05. The Morgan fingerprint density at radius 2 is 2.12 bits per heavy atom. The number of hydrogen-bond acceptors (Lipinski definition) is 6. The van der Waals surface area contributed by atoms with Crippen molar-refractivity contribution in [2.24, 2.45) is 0 Å². The minimum atomic E-state index is -0.610. The van der Waals surface area contributed by atoms with Gasteiger partial charge in [0.05, 0.1) is 23.3 Å². The van der Waals surface area contributed by atoms with Gasteiger partial charge in [0.25, 0.3) is 5.91 Å². The van der Waals surface area contributed by atoms with Crippen LogP contribution in [0.3, 0.4) is 0 Å². The molecule has 0 bridgehead atoms. The van der Waals surface area contributed by atoms with E-state index < -0.39 is 11.7 Å². The number of fused-ring (bicyclic) bond motifs is 1. The summed E-state index contributed by atoms with van der Waals surface area (Å²) in [6.45, 7) is 0. The lowest BCUT2D eigenvalue weighted by Crippen LogP contribution is -2.14. The van der Waals surface area contributed by atoms with E-state index in [1.165, 1.54) is 37.7 Å². The second kappa shape index (κ2) is 9.38. The van der Waals surface area contributed by atoms with E-state index in [9.17, 15) is 14.4 Å². The molecule has 10 heteroatoms. The Morgan fingerprint density at radius 3 is 2.82 bits per heavy atom. The fraction of sp³-hybridized carbons (Fsp3) is 0.0435. The topological polar surface area (TPSA) is 116 Å². The maximum Gasteiger partial charge on any atom is 0.266 e. The van der Waals surface area contributed by atoms with Gasteiger partial charge in [0.15, 0.2) is 0 Å². The molecule has 0 aliphatic carbocycles. The molecule has 4 aromatic rings. The molecule has 2 aromatic carbocycles. The summed E-state index contributed by atoms with van der Waals surface area (Å²) in [6.07, 6.45) is 4.49. The first kappa shape index (κ1) is 21.8. The van der Waals surface area contributed by atoms with E-state index in [0.29, 0.717) is 39.5 Å². The van der Waals surface area contributed by atoms with Crippen molar-refractivity contribution in [1.82, 2.24) is 15.0 Å². The molecule has 0 aliphatic rings. The van der Waals surface area contributed by atoms with E-state index in [4.69, 9.17) is 16.3 Å². The first-order valence-electron chi connectivity index (χ1n) is 9.60. The third-order valence-electron chi connectivity index (χ3n) is 4.67. The monoisotopic (exact) mass is 462 g/mol. The van der Waals surface area contributed by atoms with E-state index >= 15 is 0 Å². The summed E-state index contributed by atoms with van der Waals surface area (Å²) >= 11 is 5.87. The third kappa shape index (κ3) is 4.76. The highest BCUT2D eigenvalue weighted by atomic mass is 35.5. The molecular weight excluding hydrogens is 447 g/mol. The zero-order valence-corrected chi connectivity index (χ0v) is 17.9. The van der Waals surface area contributed by atoms with E-state index in [2.05, 4.69) is 25.6 Å². The minimum Gasteiger partial charge on any atom is -0.494 e. The summed E-state index contributed by atoms with van der Waals surface area (Å²) in [7, 11) is 1.46. The number of nitrogens with zero attached hydrogens (tertiary/aromatic N) is 3. The number of aromatic nitrogens is 3. The highest BCUT2D eigenvalue weighted by Crippen LogP contribution is 2.33. The molecule has 0 aliphatic heterocycles. The number of benzene rings is 2. The van der Waals surface area contributed by atoms with Gasteiger partial charge in [-0.15, -0.1) is 0 Å². The number of carbonyl (C=O) groups excluding carboxylic acids is 1. The Kier molecular flexibility index (Phi) is 6.20. The fourth-order valence-corrected chi connectivity index (χ4v) is 3.27. The lowest BCUT2D eigenvalue weighted by Gasteiger charge is -2.14. The number of nitriles is 1. The largest absolute Gasteiger partial charge is 0.494 e. The molecule has 0 atom stereocenters. The highest BCUT2D eigenvalue weighted by Gasteiger charge is 2.16. The summed E-state index contributed by atoms with van der Waals surface area (Å²) in [5, 5.41) is 15.7. The Labute approximate surface area is 192 Å². The maximum atomic E-state index is 13.5. The Morgan fingerprint density at radius 1 is 1.27 bits per heavy atom.